The molecule has 136 valence electrons. The summed E-state index contributed by atoms with van der Waals surface area (Å²) in [5, 5.41) is 13.8. The predicted molar refractivity (Wildman–Crippen MR) is 99.8 cm³/mol. The number of halogens is 1. The molecule has 7 heteroatoms. The highest BCUT2D eigenvalue weighted by molar-refractivity contribution is 7.53. The lowest BCUT2D eigenvalue weighted by Gasteiger charge is -2.25. The van der Waals surface area contributed by atoms with E-state index in [1.807, 2.05) is 19.1 Å². The SMILES string of the molecule is CCCCOP(=O)(O)C(NCc1ccc(Cl)cc1)c1ccccc1O. The molecule has 0 saturated carbocycles. The van der Waals surface area contributed by atoms with E-state index in [1.165, 1.54) is 6.07 Å². The zero-order valence-corrected chi connectivity index (χ0v) is 15.7. The fourth-order valence-corrected chi connectivity index (χ4v) is 3.91. The highest BCUT2D eigenvalue weighted by Crippen LogP contribution is 2.56. The molecule has 3 N–H and O–H groups in total. The standard InChI is InChI=1S/C18H23ClNO4P/c1-2-3-12-24-25(22,23)18(16-6-4-5-7-17(16)21)20-13-14-8-10-15(19)11-9-14/h4-11,18,20-21H,2-3,12-13H2,1H3,(H,22,23). The van der Waals surface area contributed by atoms with E-state index in [0.717, 1.165) is 12.0 Å². The predicted octanol–water partition coefficient (Wildman–Crippen LogP) is 4.84. The molecule has 0 fully saturated rings. The maximum atomic E-state index is 12.8. The smallest absolute Gasteiger partial charge is 0.349 e. The summed E-state index contributed by atoms with van der Waals surface area (Å²) in [6.45, 7) is 2.50. The van der Waals surface area contributed by atoms with E-state index in [-0.39, 0.29) is 12.4 Å². The minimum atomic E-state index is -4.02. The molecule has 0 heterocycles. The number of unbranched alkanes of at least 4 members (excludes halogenated alkanes) is 1. The summed E-state index contributed by atoms with van der Waals surface area (Å²) in [6, 6.07) is 13.6. The zero-order valence-electron chi connectivity index (χ0n) is 14.1. The molecule has 2 aromatic carbocycles. The number of para-hydroxylation sites is 1. The van der Waals surface area contributed by atoms with Gasteiger partial charge in [-0.25, -0.2) is 0 Å². The van der Waals surface area contributed by atoms with E-state index in [1.54, 1.807) is 30.3 Å². The topological polar surface area (TPSA) is 78.8 Å². The molecule has 2 atom stereocenters. The third-order valence-electron chi connectivity index (χ3n) is 3.74. The lowest BCUT2D eigenvalue weighted by Crippen LogP contribution is -2.22. The number of phenolic OH excluding ortho intramolecular Hbond substituents is 1. The van der Waals surface area contributed by atoms with E-state index < -0.39 is 13.4 Å². The van der Waals surface area contributed by atoms with Crippen molar-refractivity contribution >= 4 is 19.2 Å². The quantitative estimate of drug-likeness (QED) is 0.426. The normalized spacial score (nSPS) is 14.8. The van der Waals surface area contributed by atoms with Crippen LogP contribution in [-0.2, 0) is 15.6 Å². The summed E-state index contributed by atoms with van der Waals surface area (Å²) in [5.74, 6) is -1.08. The number of hydrogen-bond acceptors (Lipinski definition) is 4. The van der Waals surface area contributed by atoms with Crippen molar-refractivity contribution in [3.05, 3.63) is 64.7 Å². The highest BCUT2D eigenvalue weighted by Gasteiger charge is 2.35. The maximum absolute atomic E-state index is 12.8. The molecule has 0 aromatic heterocycles. The second kappa shape index (κ2) is 9.37. The fraction of sp³-hybridized carbons (Fsp3) is 0.333. The first-order valence-corrected chi connectivity index (χ1v) is 10.2. The van der Waals surface area contributed by atoms with Gasteiger partial charge in [0.25, 0.3) is 0 Å². The van der Waals surface area contributed by atoms with Crippen LogP contribution in [0.3, 0.4) is 0 Å². The lowest BCUT2D eigenvalue weighted by atomic mass is 10.2. The van der Waals surface area contributed by atoms with Crippen LogP contribution in [0.15, 0.2) is 48.5 Å². The molecule has 0 bridgehead atoms. The van der Waals surface area contributed by atoms with Gasteiger partial charge in [-0.1, -0.05) is 55.3 Å². The van der Waals surface area contributed by atoms with Crippen molar-refractivity contribution in [3.8, 4) is 5.75 Å². The third-order valence-corrected chi connectivity index (χ3v) is 5.66. The molecular weight excluding hydrogens is 361 g/mol. The Morgan fingerprint density at radius 2 is 1.88 bits per heavy atom. The Balaban J connectivity index is 2.21. The minimum Gasteiger partial charge on any atom is -0.508 e. The molecule has 0 spiro atoms. The van der Waals surface area contributed by atoms with Crippen molar-refractivity contribution in [2.45, 2.75) is 32.1 Å². The van der Waals surface area contributed by atoms with Crippen LogP contribution in [-0.4, -0.2) is 16.6 Å². The van der Waals surface area contributed by atoms with Crippen LogP contribution < -0.4 is 5.32 Å². The second-order valence-electron chi connectivity index (χ2n) is 5.72. The summed E-state index contributed by atoms with van der Waals surface area (Å²) in [4.78, 5) is 10.4. The Hall–Kier alpha value is -1.36. The van der Waals surface area contributed by atoms with Gasteiger partial charge >= 0.3 is 7.60 Å². The molecule has 5 nitrogen and oxygen atoms in total. The van der Waals surface area contributed by atoms with Crippen molar-refractivity contribution in [1.82, 2.24) is 5.32 Å². The van der Waals surface area contributed by atoms with Crippen LogP contribution in [0.4, 0.5) is 0 Å². The van der Waals surface area contributed by atoms with Crippen LogP contribution in [0.1, 0.15) is 36.7 Å². The van der Waals surface area contributed by atoms with E-state index >= 15 is 0 Å². The largest absolute Gasteiger partial charge is 0.508 e. The summed E-state index contributed by atoms with van der Waals surface area (Å²) >= 11 is 5.88. The Morgan fingerprint density at radius 3 is 2.52 bits per heavy atom. The van der Waals surface area contributed by atoms with Crippen LogP contribution >= 0.6 is 19.2 Å². The van der Waals surface area contributed by atoms with Crippen molar-refractivity contribution < 1.29 is 19.1 Å². The van der Waals surface area contributed by atoms with Gasteiger partial charge in [-0.15, -0.1) is 0 Å². The molecule has 2 rings (SSSR count). The molecule has 0 aliphatic carbocycles. The average molecular weight is 384 g/mol. The monoisotopic (exact) mass is 383 g/mol. The number of rotatable bonds is 9. The van der Waals surface area contributed by atoms with Crippen molar-refractivity contribution in [2.75, 3.05) is 6.61 Å². The van der Waals surface area contributed by atoms with Crippen molar-refractivity contribution in [1.29, 1.82) is 0 Å². The van der Waals surface area contributed by atoms with Crippen LogP contribution in [0.5, 0.6) is 5.75 Å². The van der Waals surface area contributed by atoms with Crippen LogP contribution in [0.25, 0.3) is 0 Å². The summed E-state index contributed by atoms with van der Waals surface area (Å²) < 4.78 is 18.0. The number of nitrogens with one attached hydrogen (secondary N) is 1. The Labute approximate surface area is 153 Å². The first-order chi connectivity index (χ1) is 11.9. The van der Waals surface area contributed by atoms with Crippen molar-refractivity contribution in [3.63, 3.8) is 0 Å². The maximum Gasteiger partial charge on any atom is 0.349 e. The highest BCUT2D eigenvalue weighted by atomic mass is 35.5. The molecule has 2 aromatic rings. The molecular formula is C18H23ClNO4P. The van der Waals surface area contributed by atoms with Gasteiger partial charge in [0.15, 0.2) is 0 Å². The zero-order chi connectivity index (χ0) is 18.3. The van der Waals surface area contributed by atoms with E-state index in [0.29, 0.717) is 23.6 Å². The van der Waals surface area contributed by atoms with Crippen molar-refractivity contribution in [2.24, 2.45) is 0 Å². The number of hydrogen-bond donors (Lipinski definition) is 3. The van der Waals surface area contributed by atoms with E-state index in [4.69, 9.17) is 16.1 Å². The number of benzene rings is 2. The second-order valence-corrected chi connectivity index (χ2v) is 8.06. The molecule has 2 unspecified atom stereocenters. The van der Waals surface area contributed by atoms with Crippen LogP contribution in [0, 0.1) is 0 Å². The molecule has 0 radical (unpaired) electrons. The Morgan fingerprint density at radius 1 is 1.20 bits per heavy atom. The van der Waals surface area contributed by atoms with Gasteiger partial charge in [-0.2, -0.15) is 0 Å². The van der Waals surface area contributed by atoms with Crippen LogP contribution in [0.2, 0.25) is 5.02 Å². The van der Waals surface area contributed by atoms with Gasteiger partial charge in [-0.05, 0) is 30.2 Å². The minimum absolute atomic E-state index is 0.0514. The van der Waals surface area contributed by atoms with Gasteiger partial charge in [-0.3, -0.25) is 9.88 Å². The molecule has 0 saturated heterocycles. The number of phenols is 1. The Kier molecular flexibility index (Phi) is 7.48. The molecule has 0 aliphatic rings. The van der Waals surface area contributed by atoms with E-state index in [2.05, 4.69) is 5.32 Å². The summed E-state index contributed by atoms with van der Waals surface area (Å²) in [7, 11) is -4.02. The summed E-state index contributed by atoms with van der Waals surface area (Å²) in [5.41, 5.74) is 1.23. The van der Waals surface area contributed by atoms with Gasteiger partial charge < -0.3 is 14.5 Å². The molecule has 25 heavy (non-hydrogen) atoms. The average Bonchev–Trinajstić information content (AvgIpc) is 2.58. The Bertz CT molecular complexity index is 723. The van der Waals surface area contributed by atoms with Gasteiger partial charge in [0.2, 0.25) is 0 Å². The third kappa shape index (κ3) is 5.84. The van der Waals surface area contributed by atoms with E-state index in [9.17, 15) is 14.6 Å². The lowest BCUT2D eigenvalue weighted by molar-refractivity contribution is 0.241. The van der Waals surface area contributed by atoms with Gasteiger partial charge in [0.1, 0.15) is 11.5 Å². The number of aromatic hydroxyl groups is 1. The first-order valence-electron chi connectivity index (χ1n) is 8.16. The molecule has 0 amide bonds. The van der Waals surface area contributed by atoms with Gasteiger partial charge in [0.05, 0.1) is 6.61 Å². The first kappa shape index (κ1) is 20.0. The molecule has 0 aliphatic heterocycles. The van der Waals surface area contributed by atoms with Gasteiger partial charge in [0, 0.05) is 17.1 Å². The fourth-order valence-electron chi connectivity index (χ4n) is 2.35. The summed E-state index contributed by atoms with van der Waals surface area (Å²) in [6.07, 6.45) is 1.55.